The summed E-state index contributed by atoms with van der Waals surface area (Å²) in [5.74, 6) is 6.64. The molecule has 0 nitrogen and oxygen atoms in total. The Morgan fingerprint density at radius 1 is 0.581 bits per heavy atom. The lowest BCUT2D eigenvalue weighted by atomic mass is 10.1. The lowest BCUT2D eigenvalue weighted by Gasteiger charge is -2.03. The van der Waals surface area contributed by atoms with Crippen molar-refractivity contribution in [3.8, 4) is 23.7 Å². The van der Waals surface area contributed by atoms with Gasteiger partial charge < -0.3 is 0 Å². The first-order valence-electron chi connectivity index (χ1n) is 10.0. The molecular weight excluding hydrogens is 400 g/mol. The number of hydrogen-bond acceptors (Lipinski definition) is 0. The van der Waals surface area contributed by atoms with Gasteiger partial charge in [0.1, 0.15) is 23.3 Å². The van der Waals surface area contributed by atoms with Gasteiger partial charge in [-0.05, 0) is 60.4 Å². The fraction of sp³-hybridized carbons (Fsp3) is 0.185. The van der Waals surface area contributed by atoms with Crippen molar-refractivity contribution < 1.29 is 17.6 Å². The van der Waals surface area contributed by atoms with Gasteiger partial charge in [0.2, 0.25) is 0 Å². The SMILES string of the molecule is CCCc1cc(F)c(C#Cc2cc(F)c(C#Cc3ccc(CC)cc3)c(F)c2)c(F)c1. The highest BCUT2D eigenvalue weighted by Crippen LogP contribution is 2.18. The molecule has 0 unspecified atom stereocenters. The Kier molecular flexibility index (Phi) is 7.16. The summed E-state index contributed by atoms with van der Waals surface area (Å²) in [6.07, 6.45) is 2.18. The maximum atomic E-state index is 14.4. The van der Waals surface area contributed by atoms with Gasteiger partial charge in [-0.25, -0.2) is 17.6 Å². The molecule has 0 saturated heterocycles. The summed E-state index contributed by atoms with van der Waals surface area (Å²) in [6.45, 7) is 3.93. The van der Waals surface area contributed by atoms with Crippen molar-refractivity contribution in [2.45, 2.75) is 33.1 Å². The number of aryl methyl sites for hydroxylation is 2. The van der Waals surface area contributed by atoms with Crippen LogP contribution in [0.5, 0.6) is 0 Å². The zero-order chi connectivity index (χ0) is 22.4. The standard InChI is InChI=1S/C27H20F4/c1-3-5-20-14-24(28)23(25(29)15-20)13-11-21-16-26(30)22(27(31)17-21)12-10-19-8-6-18(4-2)7-9-19/h6-9,14-17H,3-5H2,1-2H3. The Hall–Kier alpha value is -3.50. The van der Waals surface area contributed by atoms with Crippen LogP contribution in [0.2, 0.25) is 0 Å². The molecule has 31 heavy (non-hydrogen) atoms. The monoisotopic (exact) mass is 420 g/mol. The molecule has 0 aliphatic carbocycles. The molecule has 0 amide bonds. The summed E-state index contributed by atoms with van der Waals surface area (Å²) in [5, 5.41) is 0. The molecule has 0 radical (unpaired) electrons. The number of rotatable bonds is 3. The molecule has 0 aromatic heterocycles. The fourth-order valence-electron chi connectivity index (χ4n) is 3.04. The van der Waals surface area contributed by atoms with Gasteiger partial charge in [0.05, 0.1) is 11.1 Å². The van der Waals surface area contributed by atoms with E-state index >= 15 is 0 Å². The van der Waals surface area contributed by atoms with Crippen LogP contribution >= 0.6 is 0 Å². The number of benzene rings is 3. The van der Waals surface area contributed by atoms with Gasteiger partial charge >= 0.3 is 0 Å². The first kappa shape index (κ1) is 22.2. The lowest BCUT2D eigenvalue weighted by molar-refractivity contribution is 0.573. The third kappa shape index (κ3) is 5.56. The van der Waals surface area contributed by atoms with Crippen LogP contribution in [-0.4, -0.2) is 0 Å². The quantitative estimate of drug-likeness (QED) is 0.333. The van der Waals surface area contributed by atoms with Gasteiger partial charge in [0, 0.05) is 11.1 Å². The molecule has 0 aliphatic rings. The maximum absolute atomic E-state index is 14.4. The minimum atomic E-state index is -0.888. The molecule has 4 heteroatoms. The van der Waals surface area contributed by atoms with Gasteiger partial charge in [-0.2, -0.15) is 0 Å². The zero-order valence-corrected chi connectivity index (χ0v) is 17.3. The zero-order valence-electron chi connectivity index (χ0n) is 17.3. The van der Waals surface area contributed by atoms with Gasteiger partial charge in [-0.1, -0.05) is 56.1 Å². The van der Waals surface area contributed by atoms with Crippen molar-refractivity contribution in [3.05, 3.63) is 105 Å². The molecule has 0 spiro atoms. The second-order valence-corrected chi connectivity index (χ2v) is 7.05. The topological polar surface area (TPSA) is 0 Å². The molecule has 0 fully saturated rings. The summed E-state index contributed by atoms with van der Waals surface area (Å²) in [6, 6.07) is 11.8. The Balaban J connectivity index is 1.88. The second-order valence-electron chi connectivity index (χ2n) is 7.05. The average molecular weight is 420 g/mol. The second kappa shape index (κ2) is 10.0. The third-order valence-electron chi connectivity index (χ3n) is 4.71. The van der Waals surface area contributed by atoms with E-state index in [-0.39, 0.29) is 11.1 Å². The first-order valence-corrected chi connectivity index (χ1v) is 10.0. The lowest BCUT2D eigenvalue weighted by Crippen LogP contribution is -1.95. The van der Waals surface area contributed by atoms with Crippen molar-refractivity contribution >= 4 is 0 Å². The van der Waals surface area contributed by atoms with Gasteiger partial charge in [-0.3, -0.25) is 0 Å². The van der Waals surface area contributed by atoms with Crippen LogP contribution in [0.1, 0.15) is 53.6 Å². The average Bonchev–Trinajstić information content (AvgIpc) is 2.73. The Bertz CT molecular complexity index is 1170. The van der Waals surface area contributed by atoms with Crippen molar-refractivity contribution in [1.82, 2.24) is 0 Å². The molecule has 0 aliphatic heterocycles. The van der Waals surface area contributed by atoms with E-state index in [2.05, 4.69) is 23.7 Å². The smallest absolute Gasteiger partial charge is 0.143 e. The van der Waals surface area contributed by atoms with Crippen LogP contribution in [0.15, 0.2) is 48.5 Å². The predicted molar refractivity (Wildman–Crippen MR) is 114 cm³/mol. The van der Waals surface area contributed by atoms with E-state index < -0.39 is 28.8 Å². The summed E-state index contributed by atoms with van der Waals surface area (Å²) in [5.41, 5.74) is 1.46. The van der Waals surface area contributed by atoms with Gasteiger partial charge in [-0.15, -0.1) is 0 Å². The summed E-state index contributed by atoms with van der Waals surface area (Å²) in [7, 11) is 0. The molecule has 0 heterocycles. The van der Waals surface area contributed by atoms with Crippen LogP contribution in [0.4, 0.5) is 17.6 Å². The molecule has 3 aromatic carbocycles. The maximum Gasteiger partial charge on any atom is 0.143 e. The summed E-state index contributed by atoms with van der Waals surface area (Å²) >= 11 is 0. The minimum absolute atomic E-state index is 0.0377. The fourth-order valence-corrected chi connectivity index (χ4v) is 3.04. The van der Waals surface area contributed by atoms with Crippen LogP contribution in [-0.2, 0) is 12.8 Å². The summed E-state index contributed by atoms with van der Waals surface area (Å²) in [4.78, 5) is 0. The molecule has 0 N–H and O–H groups in total. The molecule has 156 valence electrons. The van der Waals surface area contributed by atoms with Gasteiger partial charge in [0.25, 0.3) is 0 Å². The van der Waals surface area contributed by atoms with Crippen molar-refractivity contribution in [3.63, 3.8) is 0 Å². The molecule has 0 bridgehead atoms. The van der Waals surface area contributed by atoms with E-state index in [1.54, 1.807) is 12.1 Å². The van der Waals surface area contributed by atoms with Gasteiger partial charge in [0.15, 0.2) is 0 Å². The molecular formula is C27H20F4. The van der Waals surface area contributed by atoms with Crippen LogP contribution < -0.4 is 0 Å². The first-order chi connectivity index (χ1) is 14.9. The predicted octanol–water partition coefficient (Wildman–Crippen LogP) is 6.56. The van der Waals surface area contributed by atoms with E-state index in [4.69, 9.17) is 0 Å². The third-order valence-corrected chi connectivity index (χ3v) is 4.71. The molecule has 3 rings (SSSR count). The van der Waals surface area contributed by atoms with Crippen LogP contribution in [0.3, 0.4) is 0 Å². The Morgan fingerprint density at radius 3 is 1.55 bits per heavy atom. The van der Waals surface area contributed by atoms with Crippen LogP contribution in [0, 0.1) is 47.0 Å². The van der Waals surface area contributed by atoms with Crippen molar-refractivity contribution in [2.75, 3.05) is 0 Å². The van der Waals surface area contributed by atoms with E-state index in [1.807, 2.05) is 26.0 Å². The number of halogens is 4. The van der Waals surface area contributed by atoms with Crippen LogP contribution in [0.25, 0.3) is 0 Å². The Labute approximate surface area is 179 Å². The van der Waals surface area contributed by atoms with E-state index in [0.29, 0.717) is 17.5 Å². The molecule has 0 atom stereocenters. The van der Waals surface area contributed by atoms with Crippen molar-refractivity contribution in [2.24, 2.45) is 0 Å². The number of hydrogen-bond donors (Lipinski definition) is 0. The van der Waals surface area contributed by atoms with E-state index in [0.717, 1.165) is 30.5 Å². The highest BCUT2D eigenvalue weighted by molar-refractivity contribution is 5.50. The Morgan fingerprint density at radius 2 is 1.06 bits per heavy atom. The molecule has 0 saturated carbocycles. The van der Waals surface area contributed by atoms with E-state index in [1.165, 1.54) is 12.1 Å². The van der Waals surface area contributed by atoms with Crippen molar-refractivity contribution in [1.29, 1.82) is 0 Å². The summed E-state index contributed by atoms with van der Waals surface area (Å²) < 4.78 is 57.1. The molecule has 3 aromatic rings. The minimum Gasteiger partial charge on any atom is -0.206 e. The highest BCUT2D eigenvalue weighted by atomic mass is 19.1. The largest absolute Gasteiger partial charge is 0.206 e. The highest BCUT2D eigenvalue weighted by Gasteiger charge is 2.11. The normalized spacial score (nSPS) is 10.1. The van der Waals surface area contributed by atoms with E-state index in [9.17, 15) is 17.6 Å².